The van der Waals surface area contributed by atoms with Gasteiger partial charge in [0.05, 0.1) is 24.9 Å². The van der Waals surface area contributed by atoms with Crippen LogP contribution in [0.2, 0.25) is 0 Å². The van der Waals surface area contributed by atoms with E-state index in [2.05, 4.69) is 10.6 Å². The molecule has 3 aliphatic rings. The monoisotopic (exact) mass is 417 g/mol. The Bertz CT molecular complexity index is 823. The number of amides is 3. The van der Waals surface area contributed by atoms with Crippen LogP contribution in [0.3, 0.4) is 0 Å². The average molecular weight is 417 g/mol. The van der Waals surface area contributed by atoms with Gasteiger partial charge in [-0.1, -0.05) is 12.1 Å². The normalized spacial score (nSPS) is 24.7. The Morgan fingerprint density at radius 2 is 1.90 bits per heavy atom. The van der Waals surface area contributed by atoms with Crippen molar-refractivity contribution in [3.8, 4) is 5.75 Å². The molecule has 9 heteroatoms. The van der Waals surface area contributed by atoms with E-state index < -0.39 is 24.1 Å². The first-order valence-corrected chi connectivity index (χ1v) is 10.5. The summed E-state index contributed by atoms with van der Waals surface area (Å²) in [6, 6.07) is 4.16. The molecule has 3 amide bonds. The van der Waals surface area contributed by atoms with E-state index in [1.165, 1.54) is 0 Å². The fourth-order valence-electron chi connectivity index (χ4n) is 4.22. The Morgan fingerprint density at radius 1 is 1.10 bits per heavy atom. The van der Waals surface area contributed by atoms with E-state index in [-0.39, 0.29) is 30.4 Å². The van der Waals surface area contributed by atoms with Crippen molar-refractivity contribution in [1.29, 1.82) is 0 Å². The molecule has 3 N–H and O–H groups in total. The van der Waals surface area contributed by atoms with Crippen LogP contribution in [0, 0.1) is 0 Å². The van der Waals surface area contributed by atoms with E-state index in [4.69, 9.17) is 9.47 Å². The molecule has 3 heterocycles. The van der Waals surface area contributed by atoms with Crippen LogP contribution in [0.25, 0.3) is 0 Å². The van der Waals surface area contributed by atoms with Crippen molar-refractivity contribution in [3.63, 3.8) is 0 Å². The summed E-state index contributed by atoms with van der Waals surface area (Å²) in [4.78, 5) is 37.8. The van der Waals surface area contributed by atoms with Gasteiger partial charge in [-0.2, -0.15) is 0 Å². The maximum atomic E-state index is 13.0. The molecule has 162 valence electrons. The van der Waals surface area contributed by atoms with E-state index in [1.807, 2.05) is 0 Å². The number of rotatable bonds is 7. The SMILES string of the molecule is O=C1CCC(N2C(=O)c3c(OCCCOC4CCNCC4)cccc3C2O)C(=O)N1. The Hall–Kier alpha value is -2.49. The van der Waals surface area contributed by atoms with Gasteiger partial charge in [-0.25, -0.2) is 0 Å². The fraction of sp³-hybridized carbons (Fsp3) is 0.571. The van der Waals surface area contributed by atoms with Crippen molar-refractivity contribution in [2.75, 3.05) is 26.3 Å². The molecule has 0 bridgehead atoms. The average Bonchev–Trinajstić information content (AvgIpc) is 3.00. The molecule has 2 saturated heterocycles. The summed E-state index contributed by atoms with van der Waals surface area (Å²) in [5, 5.41) is 16.2. The Balaban J connectivity index is 1.37. The smallest absolute Gasteiger partial charge is 0.261 e. The van der Waals surface area contributed by atoms with Crippen molar-refractivity contribution in [3.05, 3.63) is 29.3 Å². The van der Waals surface area contributed by atoms with Gasteiger partial charge in [0.2, 0.25) is 11.8 Å². The molecule has 30 heavy (non-hydrogen) atoms. The van der Waals surface area contributed by atoms with Crippen LogP contribution < -0.4 is 15.4 Å². The quantitative estimate of drug-likeness (QED) is 0.436. The number of aliphatic hydroxyl groups excluding tert-OH is 1. The van der Waals surface area contributed by atoms with Crippen LogP contribution in [0.5, 0.6) is 5.75 Å². The second-order valence-corrected chi connectivity index (χ2v) is 7.80. The van der Waals surface area contributed by atoms with Crippen LogP contribution in [-0.2, 0) is 14.3 Å². The number of hydrogen-bond acceptors (Lipinski definition) is 7. The number of aliphatic hydroxyl groups is 1. The Kier molecular flexibility index (Phi) is 6.31. The van der Waals surface area contributed by atoms with Gasteiger partial charge in [-0.15, -0.1) is 0 Å². The van der Waals surface area contributed by atoms with Crippen LogP contribution in [-0.4, -0.2) is 66.2 Å². The van der Waals surface area contributed by atoms with Crippen molar-refractivity contribution < 1.29 is 29.0 Å². The Labute approximate surface area is 174 Å². The van der Waals surface area contributed by atoms with Gasteiger partial charge in [0.15, 0.2) is 6.23 Å². The second-order valence-electron chi connectivity index (χ2n) is 7.80. The number of nitrogens with one attached hydrogen (secondary N) is 2. The maximum Gasteiger partial charge on any atom is 0.261 e. The highest BCUT2D eigenvalue weighted by molar-refractivity contribution is 6.06. The highest BCUT2D eigenvalue weighted by atomic mass is 16.5. The van der Waals surface area contributed by atoms with Gasteiger partial charge < -0.3 is 19.9 Å². The largest absolute Gasteiger partial charge is 0.493 e. The predicted octanol–water partition coefficient (Wildman–Crippen LogP) is 0.476. The van der Waals surface area contributed by atoms with Crippen LogP contribution >= 0.6 is 0 Å². The third kappa shape index (κ3) is 4.19. The lowest BCUT2D eigenvalue weighted by molar-refractivity contribution is -0.139. The molecule has 2 unspecified atom stereocenters. The molecule has 1 aromatic carbocycles. The molecular formula is C21H27N3O6. The number of piperidine rings is 2. The summed E-state index contributed by atoms with van der Waals surface area (Å²) in [6.07, 6.45) is 2.05. The molecule has 9 nitrogen and oxygen atoms in total. The van der Waals surface area contributed by atoms with Crippen molar-refractivity contribution in [2.24, 2.45) is 0 Å². The number of ether oxygens (including phenoxy) is 2. The van der Waals surface area contributed by atoms with E-state index >= 15 is 0 Å². The molecule has 2 atom stereocenters. The van der Waals surface area contributed by atoms with Crippen molar-refractivity contribution in [2.45, 2.75) is 50.5 Å². The number of hydrogen-bond donors (Lipinski definition) is 3. The lowest BCUT2D eigenvalue weighted by Crippen LogP contribution is -2.53. The van der Waals surface area contributed by atoms with Crippen molar-refractivity contribution in [1.82, 2.24) is 15.5 Å². The minimum Gasteiger partial charge on any atom is -0.493 e. The molecule has 0 aliphatic carbocycles. The molecule has 2 fully saturated rings. The maximum absolute atomic E-state index is 13.0. The topological polar surface area (TPSA) is 117 Å². The third-order valence-corrected chi connectivity index (χ3v) is 5.78. The fourth-order valence-corrected chi connectivity index (χ4v) is 4.22. The predicted molar refractivity (Wildman–Crippen MR) is 106 cm³/mol. The molecule has 0 spiro atoms. The van der Waals surface area contributed by atoms with Gasteiger partial charge >= 0.3 is 0 Å². The van der Waals surface area contributed by atoms with Gasteiger partial charge in [0, 0.05) is 18.4 Å². The van der Waals surface area contributed by atoms with Gasteiger partial charge in [-0.3, -0.25) is 24.6 Å². The number of benzene rings is 1. The summed E-state index contributed by atoms with van der Waals surface area (Å²) in [5.41, 5.74) is 0.683. The Morgan fingerprint density at radius 3 is 2.67 bits per heavy atom. The molecule has 3 aliphatic heterocycles. The standard InChI is InChI=1S/C21H27N3O6/c25-17-6-5-15(19(26)23-17)24-20(27)14-3-1-4-16(18(14)21(24)28)30-12-2-11-29-13-7-9-22-10-8-13/h1,3-4,13,15,20,22,27H,2,5-12H2,(H,23,25,26). The van der Waals surface area contributed by atoms with Gasteiger partial charge in [0.1, 0.15) is 11.8 Å². The number of fused-ring (bicyclic) bond motifs is 1. The zero-order chi connectivity index (χ0) is 21.1. The first-order chi connectivity index (χ1) is 14.6. The molecule has 1 aromatic rings. The number of carbonyl (C=O) groups excluding carboxylic acids is 3. The van der Waals surface area contributed by atoms with Crippen LogP contribution in [0.15, 0.2) is 18.2 Å². The lowest BCUT2D eigenvalue weighted by Gasteiger charge is -2.31. The zero-order valence-corrected chi connectivity index (χ0v) is 16.8. The molecule has 0 aromatic heterocycles. The molecule has 4 rings (SSSR count). The number of imide groups is 1. The summed E-state index contributed by atoms with van der Waals surface area (Å²) in [5.74, 6) is -1.02. The van der Waals surface area contributed by atoms with E-state index in [0.717, 1.165) is 30.8 Å². The van der Waals surface area contributed by atoms with E-state index in [1.54, 1.807) is 18.2 Å². The first kappa shape index (κ1) is 20.8. The first-order valence-electron chi connectivity index (χ1n) is 10.5. The minimum atomic E-state index is -1.25. The van der Waals surface area contributed by atoms with Gasteiger partial charge in [0.25, 0.3) is 5.91 Å². The van der Waals surface area contributed by atoms with Crippen LogP contribution in [0.4, 0.5) is 0 Å². The molecule has 0 radical (unpaired) electrons. The van der Waals surface area contributed by atoms with E-state index in [0.29, 0.717) is 30.9 Å². The molecular weight excluding hydrogens is 390 g/mol. The highest BCUT2D eigenvalue weighted by Crippen LogP contribution is 2.39. The second kappa shape index (κ2) is 9.11. The molecule has 0 saturated carbocycles. The summed E-state index contributed by atoms with van der Waals surface area (Å²) in [7, 11) is 0. The lowest BCUT2D eigenvalue weighted by atomic mass is 10.0. The summed E-state index contributed by atoms with van der Waals surface area (Å²) >= 11 is 0. The zero-order valence-electron chi connectivity index (χ0n) is 16.8. The van der Waals surface area contributed by atoms with Crippen LogP contribution in [0.1, 0.15) is 54.3 Å². The summed E-state index contributed by atoms with van der Waals surface area (Å²) in [6.45, 7) is 2.92. The number of carbonyl (C=O) groups is 3. The van der Waals surface area contributed by atoms with Crippen molar-refractivity contribution >= 4 is 17.7 Å². The highest BCUT2D eigenvalue weighted by Gasteiger charge is 2.45. The summed E-state index contributed by atoms with van der Waals surface area (Å²) < 4.78 is 11.7. The number of nitrogens with zero attached hydrogens (tertiary/aromatic N) is 1. The minimum absolute atomic E-state index is 0.129. The van der Waals surface area contributed by atoms with E-state index in [9.17, 15) is 19.5 Å². The third-order valence-electron chi connectivity index (χ3n) is 5.78. The van der Waals surface area contributed by atoms with Gasteiger partial charge in [-0.05, 0) is 38.4 Å².